The highest BCUT2D eigenvalue weighted by Gasteiger charge is 2.27. The van der Waals surface area contributed by atoms with Crippen LogP contribution >= 0.6 is 0 Å². The lowest BCUT2D eigenvalue weighted by molar-refractivity contribution is -0.142. The molecule has 1 aliphatic rings. The second kappa shape index (κ2) is 6.36. The highest BCUT2D eigenvalue weighted by Crippen LogP contribution is 2.28. The van der Waals surface area contributed by atoms with Crippen molar-refractivity contribution in [1.82, 2.24) is 0 Å². The van der Waals surface area contributed by atoms with Gasteiger partial charge in [0.2, 0.25) is 0 Å². The van der Waals surface area contributed by atoms with Gasteiger partial charge in [0, 0.05) is 5.41 Å². The molecular formula is C15H20O4. The number of rotatable bonds is 4. The quantitative estimate of drug-likeness (QED) is 0.732. The molecule has 0 amide bonds. The van der Waals surface area contributed by atoms with Crippen LogP contribution in [-0.4, -0.2) is 25.2 Å². The van der Waals surface area contributed by atoms with E-state index in [9.17, 15) is 9.59 Å². The van der Waals surface area contributed by atoms with Crippen molar-refractivity contribution in [1.29, 1.82) is 0 Å². The van der Waals surface area contributed by atoms with E-state index in [0.29, 0.717) is 0 Å². The summed E-state index contributed by atoms with van der Waals surface area (Å²) in [6.07, 6.45) is 7.00. The number of hydrogen-bond donors (Lipinski definition) is 0. The van der Waals surface area contributed by atoms with Gasteiger partial charge in [-0.05, 0) is 19.9 Å². The lowest BCUT2D eigenvalue weighted by atomic mass is 9.90. The maximum Gasteiger partial charge on any atom is 0.338 e. The molecule has 104 valence electrons. The number of ether oxygens (including phenoxy) is 2. The molecule has 0 spiro atoms. The average Bonchev–Trinajstić information content (AvgIpc) is 2.48. The molecule has 19 heavy (non-hydrogen) atoms. The molecule has 0 unspecified atom stereocenters. The Morgan fingerprint density at radius 1 is 1.05 bits per heavy atom. The lowest BCUT2D eigenvalue weighted by Crippen LogP contribution is -2.18. The van der Waals surface area contributed by atoms with E-state index in [-0.39, 0.29) is 29.8 Å². The topological polar surface area (TPSA) is 52.6 Å². The Morgan fingerprint density at radius 2 is 1.58 bits per heavy atom. The van der Waals surface area contributed by atoms with E-state index >= 15 is 0 Å². The lowest BCUT2D eigenvalue weighted by Gasteiger charge is -2.16. The normalized spacial score (nSPS) is 17.1. The zero-order valence-electron chi connectivity index (χ0n) is 11.9. The van der Waals surface area contributed by atoms with E-state index in [1.54, 1.807) is 32.1 Å². The van der Waals surface area contributed by atoms with Gasteiger partial charge in [0.15, 0.2) is 0 Å². The van der Waals surface area contributed by atoms with Crippen molar-refractivity contribution in [2.45, 2.75) is 27.7 Å². The first-order chi connectivity index (χ1) is 8.91. The summed E-state index contributed by atoms with van der Waals surface area (Å²) < 4.78 is 9.98. The molecule has 1 rings (SSSR count). The molecule has 0 radical (unpaired) electrons. The molecule has 0 atom stereocenters. The van der Waals surface area contributed by atoms with E-state index in [1.165, 1.54) is 0 Å². The van der Waals surface area contributed by atoms with Gasteiger partial charge in [-0.1, -0.05) is 32.1 Å². The Labute approximate surface area is 113 Å². The molecule has 0 aromatic carbocycles. The fourth-order valence-corrected chi connectivity index (χ4v) is 1.74. The van der Waals surface area contributed by atoms with Crippen LogP contribution in [0.4, 0.5) is 0 Å². The minimum atomic E-state index is -0.510. The number of esters is 2. The zero-order valence-corrected chi connectivity index (χ0v) is 11.9. The first kappa shape index (κ1) is 15.2. The summed E-state index contributed by atoms with van der Waals surface area (Å²) in [7, 11) is 0. The molecule has 0 N–H and O–H groups in total. The van der Waals surface area contributed by atoms with Gasteiger partial charge < -0.3 is 9.47 Å². The highest BCUT2D eigenvalue weighted by atomic mass is 16.5. The average molecular weight is 264 g/mol. The molecule has 0 aliphatic heterocycles. The molecule has 0 bridgehead atoms. The second-order valence-electron chi connectivity index (χ2n) is 4.76. The van der Waals surface area contributed by atoms with Crippen LogP contribution in [-0.2, 0) is 19.1 Å². The second-order valence-corrected chi connectivity index (χ2v) is 4.76. The molecule has 0 aromatic heterocycles. The summed E-state index contributed by atoms with van der Waals surface area (Å²) in [5.41, 5.74) is 0.171. The van der Waals surface area contributed by atoms with Crippen molar-refractivity contribution in [2.75, 3.05) is 13.2 Å². The smallest absolute Gasteiger partial charge is 0.338 e. The Bertz CT molecular complexity index is 453. The maximum atomic E-state index is 12.0. The minimum Gasteiger partial charge on any atom is -0.462 e. The summed E-state index contributed by atoms with van der Waals surface area (Å²) in [6, 6.07) is 0. The predicted octanol–water partition coefficient (Wildman–Crippen LogP) is 2.56. The van der Waals surface area contributed by atoms with Crippen molar-refractivity contribution >= 4 is 11.9 Å². The van der Waals surface area contributed by atoms with Crippen molar-refractivity contribution in [3.63, 3.8) is 0 Å². The molecule has 0 fully saturated rings. The zero-order chi connectivity index (χ0) is 14.5. The molecule has 4 heteroatoms. The summed E-state index contributed by atoms with van der Waals surface area (Å²) in [5.74, 6) is -1.01. The molecule has 4 nitrogen and oxygen atoms in total. The monoisotopic (exact) mass is 264 g/mol. The predicted molar refractivity (Wildman–Crippen MR) is 72.4 cm³/mol. The third-order valence-corrected chi connectivity index (χ3v) is 2.59. The first-order valence-electron chi connectivity index (χ1n) is 6.38. The van der Waals surface area contributed by atoms with Crippen LogP contribution in [0.2, 0.25) is 0 Å². The fourth-order valence-electron chi connectivity index (χ4n) is 1.74. The Morgan fingerprint density at radius 3 is 2.11 bits per heavy atom. The molecule has 0 saturated carbocycles. The van der Waals surface area contributed by atoms with Gasteiger partial charge in [-0.2, -0.15) is 0 Å². The SMILES string of the molecule is CCOC(=O)C1=CC=CC(C)(C)C=C1C(=O)OCC. The Balaban J connectivity index is 3.18. The van der Waals surface area contributed by atoms with E-state index in [4.69, 9.17) is 9.47 Å². The number of hydrogen-bond acceptors (Lipinski definition) is 4. The van der Waals surface area contributed by atoms with Crippen molar-refractivity contribution in [3.05, 3.63) is 35.5 Å². The fraction of sp³-hybridized carbons (Fsp3) is 0.467. The van der Waals surface area contributed by atoms with Crippen LogP contribution in [0.25, 0.3) is 0 Å². The third-order valence-electron chi connectivity index (χ3n) is 2.59. The number of carbonyl (C=O) groups excluding carboxylic acids is 2. The molecule has 0 heterocycles. The summed E-state index contributed by atoms with van der Waals surface area (Å²) in [6.45, 7) is 7.88. The molecular weight excluding hydrogens is 244 g/mol. The van der Waals surface area contributed by atoms with Gasteiger partial charge in [-0.3, -0.25) is 0 Å². The van der Waals surface area contributed by atoms with E-state index in [2.05, 4.69) is 0 Å². The van der Waals surface area contributed by atoms with Gasteiger partial charge in [-0.25, -0.2) is 9.59 Å². The van der Waals surface area contributed by atoms with Gasteiger partial charge in [0.25, 0.3) is 0 Å². The standard InChI is InChI=1S/C15H20O4/c1-5-18-13(16)11-8-7-9-15(3,4)10-12(11)14(17)19-6-2/h7-10H,5-6H2,1-4H3. The van der Waals surface area contributed by atoms with Gasteiger partial charge in [0.05, 0.1) is 24.4 Å². The summed E-state index contributed by atoms with van der Waals surface area (Å²) in [5, 5.41) is 0. The Kier molecular flexibility index (Phi) is 5.10. The number of carbonyl (C=O) groups is 2. The Hall–Kier alpha value is -1.84. The maximum absolute atomic E-state index is 12.0. The van der Waals surface area contributed by atoms with E-state index in [1.807, 2.05) is 19.9 Å². The minimum absolute atomic E-state index is 0.238. The van der Waals surface area contributed by atoms with E-state index in [0.717, 1.165) is 0 Å². The van der Waals surface area contributed by atoms with Crippen LogP contribution in [0.1, 0.15) is 27.7 Å². The van der Waals surface area contributed by atoms with Crippen molar-refractivity contribution < 1.29 is 19.1 Å². The molecule has 0 saturated heterocycles. The third kappa shape index (κ3) is 4.09. The van der Waals surface area contributed by atoms with Crippen LogP contribution < -0.4 is 0 Å². The summed E-state index contributed by atoms with van der Waals surface area (Å²) in [4.78, 5) is 23.9. The van der Waals surface area contributed by atoms with Gasteiger partial charge in [0.1, 0.15) is 0 Å². The van der Waals surface area contributed by atoms with Crippen LogP contribution in [0, 0.1) is 5.41 Å². The van der Waals surface area contributed by atoms with Crippen LogP contribution in [0.5, 0.6) is 0 Å². The van der Waals surface area contributed by atoms with Gasteiger partial charge in [-0.15, -0.1) is 0 Å². The van der Waals surface area contributed by atoms with Crippen molar-refractivity contribution in [2.24, 2.45) is 5.41 Å². The number of allylic oxidation sites excluding steroid dienone is 4. The molecule has 0 aromatic rings. The highest BCUT2D eigenvalue weighted by molar-refractivity contribution is 6.07. The first-order valence-corrected chi connectivity index (χ1v) is 6.38. The van der Waals surface area contributed by atoms with Crippen LogP contribution in [0.15, 0.2) is 35.5 Å². The van der Waals surface area contributed by atoms with Crippen LogP contribution in [0.3, 0.4) is 0 Å². The van der Waals surface area contributed by atoms with Crippen molar-refractivity contribution in [3.8, 4) is 0 Å². The largest absolute Gasteiger partial charge is 0.462 e. The summed E-state index contributed by atoms with van der Waals surface area (Å²) >= 11 is 0. The van der Waals surface area contributed by atoms with Gasteiger partial charge >= 0.3 is 11.9 Å². The molecule has 1 aliphatic carbocycles. The van der Waals surface area contributed by atoms with E-state index < -0.39 is 11.9 Å².